The van der Waals surface area contributed by atoms with Crippen molar-refractivity contribution in [3.8, 4) is 0 Å². The van der Waals surface area contributed by atoms with E-state index in [9.17, 15) is 19.2 Å². The van der Waals surface area contributed by atoms with E-state index in [-0.39, 0.29) is 17.2 Å². The highest BCUT2D eigenvalue weighted by atomic mass is 32.2. The van der Waals surface area contributed by atoms with Crippen LogP contribution in [0, 0.1) is 17.8 Å². The smallest absolute Gasteiger partial charge is 0.339 e. The number of carbonyl (C=O) groups is 4. The molecule has 0 atom stereocenters. The molecule has 5 rings (SSSR count). The average Bonchev–Trinajstić information content (AvgIpc) is 2.79. The van der Waals surface area contributed by atoms with Crippen LogP contribution in [0.1, 0.15) is 62.2 Å². The van der Waals surface area contributed by atoms with Crippen LogP contribution in [0.4, 0.5) is 4.79 Å². The molecule has 3 N–H and O–H groups in total. The third-order valence-electron chi connectivity index (χ3n) is 7.03. The molecule has 0 saturated heterocycles. The summed E-state index contributed by atoms with van der Waals surface area (Å²) in [6.45, 7) is 1.77. The third kappa shape index (κ3) is 6.11. The fourth-order valence-electron chi connectivity index (χ4n) is 6.15. The Bertz CT molecular complexity index is 915. The Hall–Kier alpha value is -2.55. The molecule has 8 nitrogen and oxygen atoms in total. The Morgan fingerprint density at radius 1 is 1.00 bits per heavy atom. The van der Waals surface area contributed by atoms with E-state index in [1.165, 1.54) is 31.0 Å². The van der Waals surface area contributed by atoms with Crippen LogP contribution in [0.5, 0.6) is 0 Å². The largest absolute Gasteiger partial charge is 0.452 e. The van der Waals surface area contributed by atoms with Gasteiger partial charge in [0, 0.05) is 17.0 Å². The molecular weight excluding hydrogens is 454 g/mol. The zero-order valence-corrected chi connectivity index (χ0v) is 20.4. The van der Waals surface area contributed by atoms with E-state index in [2.05, 4.69) is 16.0 Å². The molecule has 4 amide bonds. The van der Waals surface area contributed by atoms with Crippen molar-refractivity contribution in [3.63, 3.8) is 0 Å². The van der Waals surface area contributed by atoms with Crippen molar-refractivity contribution in [2.45, 2.75) is 62.3 Å². The summed E-state index contributed by atoms with van der Waals surface area (Å²) in [6.07, 6.45) is 7.98. The number of benzene rings is 1. The number of rotatable bonds is 9. The van der Waals surface area contributed by atoms with E-state index in [0.717, 1.165) is 43.4 Å². The summed E-state index contributed by atoms with van der Waals surface area (Å²) >= 11 is 1.29. The minimum Gasteiger partial charge on any atom is -0.452 e. The van der Waals surface area contributed by atoms with Gasteiger partial charge in [-0.2, -0.15) is 0 Å². The first kappa shape index (κ1) is 24.6. The Balaban J connectivity index is 1.27. The van der Waals surface area contributed by atoms with E-state index >= 15 is 0 Å². The molecule has 4 aliphatic carbocycles. The van der Waals surface area contributed by atoms with Gasteiger partial charge < -0.3 is 15.4 Å². The highest BCUT2D eigenvalue weighted by molar-refractivity contribution is 8.00. The van der Waals surface area contributed by atoms with Gasteiger partial charge in [0.05, 0.1) is 11.3 Å². The summed E-state index contributed by atoms with van der Waals surface area (Å²) in [5, 5.41) is 7.98. The van der Waals surface area contributed by atoms with Gasteiger partial charge in [-0.05, 0) is 74.8 Å². The van der Waals surface area contributed by atoms with Crippen molar-refractivity contribution in [2.75, 3.05) is 18.9 Å². The molecule has 0 spiro atoms. The number of esters is 1. The van der Waals surface area contributed by atoms with Crippen LogP contribution < -0.4 is 16.0 Å². The summed E-state index contributed by atoms with van der Waals surface area (Å²) in [4.78, 5) is 49.4. The lowest BCUT2D eigenvalue weighted by atomic mass is 9.53. The fraction of sp³-hybridized carbons (Fsp3) is 0.600. The van der Waals surface area contributed by atoms with E-state index < -0.39 is 24.5 Å². The lowest BCUT2D eigenvalue weighted by molar-refractivity contribution is -0.124. The number of amides is 4. The molecule has 4 fully saturated rings. The Morgan fingerprint density at radius 3 is 2.29 bits per heavy atom. The maximum absolute atomic E-state index is 12.8. The number of hydrogen-bond donors (Lipinski definition) is 3. The van der Waals surface area contributed by atoms with Crippen molar-refractivity contribution in [1.82, 2.24) is 16.0 Å². The van der Waals surface area contributed by atoms with Crippen LogP contribution in [0.2, 0.25) is 0 Å². The van der Waals surface area contributed by atoms with Crippen LogP contribution in [-0.4, -0.2) is 48.3 Å². The van der Waals surface area contributed by atoms with Gasteiger partial charge >= 0.3 is 12.0 Å². The average molecular weight is 488 g/mol. The quantitative estimate of drug-likeness (QED) is 0.364. The molecule has 0 aromatic heterocycles. The number of nitrogens with one attached hydrogen (secondary N) is 3. The highest BCUT2D eigenvalue weighted by Gasteiger charge is 2.51. The lowest BCUT2D eigenvalue weighted by Crippen LogP contribution is -2.60. The van der Waals surface area contributed by atoms with Crippen LogP contribution in [-0.2, 0) is 14.3 Å². The second-order valence-corrected chi connectivity index (χ2v) is 10.9. The molecule has 0 radical (unpaired) electrons. The van der Waals surface area contributed by atoms with Crippen molar-refractivity contribution >= 4 is 35.6 Å². The minimum absolute atomic E-state index is 0.00686. The molecule has 0 heterocycles. The van der Waals surface area contributed by atoms with Crippen LogP contribution in [0.3, 0.4) is 0 Å². The van der Waals surface area contributed by atoms with Gasteiger partial charge in [-0.25, -0.2) is 9.59 Å². The molecule has 4 saturated carbocycles. The Morgan fingerprint density at radius 2 is 1.65 bits per heavy atom. The summed E-state index contributed by atoms with van der Waals surface area (Å²) in [6, 6.07) is 6.24. The highest BCUT2D eigenvalue weighted by Crippen LogP contribution is 2.55. The number of hydrogen-bond acceptors (Lipinski definition) is 6. The number of carbonyl (C=O) groups excluding carboxylic acids is 4. The molecule has 184 valence electrons. The SMILES string of the molecule is CCCNC(=O)NC(=O)COC(=O)c1ccccc1SCC(=O)NC12CC3CC(CC(C3)C1)C2. The van der Waals surface area contributed by atoms with E-state index in [4.69, 9.17) is 4.74 Å². The summed E-state index contributed by atoms with van der Waals surface area (Å²) in [5.41, 5.74) is 0.250. The van der Waals surface area contributed by atoms with Crippen LogP contribution in [0.15, 0.2) is 29.2 Å². The molecule has 1 aromatic carbocycles. The Kier molecular flexibility index (Phi) is 7.80. The molecule has 0 unspecified atom stereocenters. The van der Waals surface area contributed by atoms with Gasteiger partial charge in [0.25, 0.3) is 5.91 Å². The lowest BCUT2D eigenvalue weighted by Gasteiger charge is -2.56. The number of ether oxygens (including phenoxy) is 1. The van der Waals surface area contributed by atoms with Gasteiger partial charge in [-0.1, -0.05) is 19.1 Å². The first-order valence-corrected chi connectivity index (χ1v) is 13.1. The van der Waals surface area contributed by atoms with E-state index in [0.29, 0.717) is 17.0 Å². The first-order valence-electron chi connectivity index (χ1n) is 12.1. The third-order valence-corrected chi connectivity index (χ3v) is 8.10. The van der Waals surface area contributed by atoms with Crippen LogP contribution in [0.25, 0.3) is 0 Å². The zero-order valence-electron chi connectivity index (χ0n) is 19.6. The molecular formula is C25H33N3O5S. The molecule has 4 bridgehead atoms. The monoisotopic (exact) mass is 487 g/mol. The van der Waals surface area contributed by atoms with Gasteiger partial charge in [0.15, 0.2) is 6.61 Å². The summed E-state index contributed by atoms with van der Waals surface area (Å²) in [5.74, 6) is 1.09. The summed E-state index contributed by atoms with van der Waals surface area (Å²) < 4.78 is 5.09. The second kappa shape index (κ2) is 10.8. The zero-order chi connectivity index (χ0) is 24.1. The normalized spacial score (nSPS) is 26.6. The molecule has 9 heteroatoms. The van der Waals surface area contributed by atoms with Gasteiger partial charge in [-0.3, -0.25) is 14.9 Å². The maximum atomic E-state index is 12.8. The van der Waals surface area contributed by atoms with Crippen molar-refractivity contribution < 1.29 is 23.9 Å². The molecule has 0 aliphatic heterocycles. The van der Waals surface area contributed by atoms with Crippen molar-refractivity contribution in [1.29, 1.82) is 0 Å². The first-order chi connectivity index (χ1) is 16.4. The summed E-state index contributed by atoms with van der Waals surface area (Å²) in [7, 11) is 0. The number of thioether (sulfide) groups is 1. The van der Waals surface area contributed by atoms with Crippen LogP contribution >= 0.6 is 11.8 Å². The Labute approximate surface area is 204 Å². The standard InChI is InChI=1S/C25H33N3O5S/c1-2-7-26-24(32)27-21(29)14-33-23(31)19-5-3-4-6-20(19)34-15-22(30)28-25-11-16-8-17(12-25)10-18(9-16)13-25/h3-6,16-18H,2,7-15H2,1H3,(H,28,30)(H2,26,27,29,32). The topological polar surface area (TPSA) is 114 Å². The molecule has 1 aromatic rings. The molecule has 4 aliphatic rings. The van der Waals surface area contributed by atoms with Gasteiger partial charge in [0.1, 0.15) is 0 Å². The van der Waals surface area contributed by atoms with Gasteiger partial charge in [-0.15, -0.1) is 11.8 Å². The molecule has 34 heavy (non-hydrogen) atoms. The van der Waals surface area contributed by atoms with Crippen molar-refractivity contribution in [2.24, 2.45) is 17.8 Å². The maximum Gasteiger partial charge on any atom is 0.339 e. The second-order valence-electron chi connectivity index (χ2n) is 9.91. The predicted octanol–water partition coefficient (Wildman–Crippen LogP) is 3.26. The minimum atomic E-state index is -0.706. The number of urea groups is 1. The predicted molar refractivity (Wildman–Crippen MR) is 128 cm³/mol. The van der Waals surface area contributed by atoms with E-state index in [1.54, 1.807) is 24.3 Å². The van der Waals surface area contributed by atoms with Crippen molar-refractivity contribution in [3.05, 3.63) is 29.8 Å². The van der Waals surface area contributed by atoms with Gasteiger partial charge in [0.2, 0.25) is 5.91 Å². The number of imide groups is 1. The van der Waals surface area contributed by atoms with E-state index in [1.807, 2.05) is 6.92 Å². The fourth-order valence-corrected chi connectivity index (χ4v) is 6.99.